The van der Waals surface area contributed by atoms with Crippen molar-refractivity contribution >= 4 is 35.1 Å². The van der Waals surface area contributed by atoms with Crippen LogP contribution in [-0.2, 0) is 25.3 Å². The maximum absolute atomic E-state index is 12.7. The third kappa shape index (κ3) is 7.92. The number of esters is 1. The molecule has 1 aliphatic rings. The lowest BCUT2D eigenvalue weighted by Gasteiger charge is -2.22. The van der Waals surface area contributed by atoms with Crippen molar-refractivity contribution in [3.8, 4) is 0 Å². The smallest absolute Gasteiger partial charge is 0.416 e. The van der Waals surface area contributed by atoms with Crippen LogP contribution in [0.3, 0.4) is 0 Å². The normalized spacial score (nSPS) is 14.9. The maximum Gasteiger partial charge on any atom is 0.416 e. The van der Waals surface area contributed by atoms with E-state index in [0.29, 0.717) is 6.07 Å². The van der Waals surface area contributed by atoms with E-state index in [-0.39, 0.29) is 35.5 Å². The summed E-state index contributed by atoms with van der Waals surface area (Å²) >= 11 is 5.78. The van der Waals surface area contributed by atoms with E-state index in [4.69, 9.17) is 16.3 Å². The number of ether oxygens (including phenoxy) is 1. The molecule has 1 aromatic rings. The Kier molecular flexibility index (Phi) is 8.31. The Morgan fingerprint density at radius 2 is 1.76 bits per heavy atom. The molecule has 0 bridgehead atoms. The summed E-state index contributed by atoms with van der Waals surface area (Å²) in [5.74, 6) is -1.85. The molecule has 1 aliphatic carbocycles. The Morgan fingerprint density at radius 1 is 1.07 bits per heavy atom. The first-order valence-electron chi connectivity index (χ1n) is 9.26. The molecule has 0 unspecified atom stereocenters. The van der Waals surface area contributed by atoms with Crippen LogP contribution in [0, 0.1) is 0 Å². The second kappa shape index (κ2) is 10.5. The van der Waals surface area contributed by atoms with Crippen molar-refractivity contribution in [3.63, 3.8) is 0 Å². The number of anilines is 1. The lowest BCUT2D eigenvalue weighted by atomic mass is 9.95. The molecule has 10 heteroatoms. The van der Waals surface area contributed by atoms with Crippen molar-refractivity contribution in [1.29, 1.82) is 0 Å². The van der Waals surface area contributed by atoms with Gasteiger partial charge in [-0.15, -0.1) is 0 Å². The molecule has 160 valence electrons. The largest absolute Gasteiger partial charge is 0.456 e. The number of hydrogen-bond donors (Lipinski definition) is 2. The Hall–Kier alpha value is -2.29. The van der Waals surface area contributed by atoms with Gasteiger partial charge in [-0.05, 0) is 31.0 Å². The average Bonchev–Trinajstić information content (AvgIpc) is 2.66. The highest BCUT2D eigenvalue weighted by Gasteiger charge is 2.31. The van der Waals surface area contributed by atoms with Crippen molar-refractivity contribution in [2.75, 3.05) is 11.9 Å². The quantitative estimate of drug-likeness (QED) is 0.633. The van der Waals surface area contributed by atoms with Gasteiger partial charge in [0.2, 0.25) is 5.91 Å². The Balaban J connectivity index is 1.73. The number of rotatable bonds is 7. The zero-order valence-corrected chi connectivity index (χ0v) is 16.4. The molecule has 0 saturated heterocycles. The summed E-state index contributed by atoms with van der Waals surface area (Å²) in [6.45, 7) is -0.699. The molecule has 1 aromatic carbocycles. The van der Waals surface area contributed by atoms with Gasteiger partial charge in [0.15, 0.2) is 6.61 Å². The predicted molar refractivity (Wildman–Crippen MR) is 100 cm³/mol. The van der Waals surface area contributed by atoms with E-state index < -0.39 is 30.2 Å². The summed E-state index contributed by atoms with van der Waals surface area (Å²) in [6, 6.07) is 2.63. The minimum Gasteiger partial charge on any atom is -0.456 e. The molecule has 2 N–H and O–H groups in total. The van der Waals surface area contributed by atoms with Crippen LogP contribution in [0.2, 0.25) is 5.02 Å². The van der Waals surface area contributed by atoms with Gasteiger partial charge in [0.05, 0.1) is 22.7 Å². The van der Waals surface area contributed by atoms with Crippen LogP contribution in [0.15, 0.2) is 18.2 Å². The van der Waals surface area contributed by atoms with Gasteiger partial charge in [0, 0.05) is 12.5 Å². The molecule has 1 fully saturated rings. The summed E-state index contributed by atoms with van der Waals surface area (Å²) in [6.07, 6.45) is 0.298. The number of halogens is 4. The Bertz CT molecular complexity index is 749. The van der Waals surface area contributed by atoms with E-state index in [2.05, 4.69) is 10.6 Å². The lowest BCUT2D eigenvalue weighted by molar-refractivity contribution is -0.148. The molecule has 2 amide bonds. The number of carbonyl (C=O) groups is 3. The molecule has 0 atom stereocenters. The van der Waals surface area contributed by atoms with Crippen molar-refractivity contribution in [1.82, 2.24) is 5.32 Å². The highest BCUT2D eigenvalue weighted by molar-refractivity contribution is 6.33. The summed E-state index contributed by atoms with van der Waals surface area (Å²) in [5.41, 5.74) is -1.22. The van der Waals surface area contributed by atoms with E-state index in [1.54, 1.807) is 0 Å². The van der Waals surface area contributed by atoms with Gasteiger partial charge in [0.25, 0.3) is 5.91 Å². The van der Waals surface area contributed by atoms with Crippen LogP contribution in [0.4, 0.5) is 18.9 Å². The van der Waals surface area contributed by atoms with Gasteiger partial charge < -0.3 is 15.4 Å². The fraction of sp³-hybridized carbons (Fsp3) is 0.526. The second-order valence-electron chi connectivity index (χ2n) is 6.80. The topological polar surface area (TPSA) is 84.5 Å². The van der Waals surface area contributed by atoms with Gasteiger partial charge in [0.1, 0.15) is 0 Å². The molecular weight excluding hydrogens is 413 g/mol. The zero-order chi connectivity index (χ0) is 21.4. The molecule has 0 heterocycles. The highest BCUT2D eigenvalue weighted by Crippen LogP contribution is 2.33. The summed E-state index contributed by atoms with van der Waals surface area (Å²) in [4.78, 5) is 35.4. The molecule has 6 nitrogen and oxygen atoms in total. The molecule has 29 heavy (non-hydrogen) atoms. The average molecular weight is 435 g/mol. The Labute approximate surface area is 171 Å². The monoisotopic (exact) mass is 434 g/mol. The molecule has 0 radical (unpaired) electrons. The SMILES string of the molecule is O=C(COC(=O)CCC(=O)NC1CCCCC1)Nc1cc(C(F)(F)F)ccc1Cl. The van der Waals surface area contributed by atoms with Crippen molar-refractivity contribution in [2.24, 2.45) is 0 Å². The minimum atomic E-state index is -4.59. The number of nitrogens with one attached hydrogen (secondary N) is 2. The number of hydrogen-bond acceptors (Lipinski definition) is 4. The molecule has 0 spiro atoms. The Morgan fingerprint density at radius 3 is 2.41 bits per heavy atom. The standard InChI is InChI=1S/C19H22ClF3N2O4/c20-14-7-6-12(19(21,22)23)10-15(14)25-17(27)11-29-18(28)9-8-16(26)24-13-4-2-1-3-5-13/h6-7,10,13H,1-5,8-9,11H2,(H,24,26)(H,25,27). The summed E-state index contributed by atoms with van der Waals surface area (Å²) in [5, 5.41) is 4.95. The third-order valence-electron chi connectivity index (χ3n) is 4.46. The van der Waals surface area contributed by atoms with Gasteiger partial charge in [-0.2, -0.15) is 13.2 Å². The zero-order valence-electron chi connectivity index (χ0n) is 15.6. The van der Waals surface area contributed by atoms with E-state index in [0.717, 1.165) is 44.2 Å². The highest BCUT2D eigenvalue weighted by atomic mass is 35.5. The van der Waals surface area contributed by atoms with Crippen LogP contribution in [0.25, 0.3) is 0 Å². The molecule has 0 aliphatic heterocycles. The number of amides is 2. The van der Waals surface area contributed by atoms with E-state index in [1.165, 1.54) is 0 Å². The van der Waals surface area contributed by atoms with E-state index in [1.807, 2.05) is 0 Å². The molecule has 2 rings (SSSR count). The molecule has 1 saturated carbocycles. The van der Waals surface area contributed by atoms with E-state index >= 15 is 0 Å². The first kappa shape index (κ1) is 23.0. The van der Waals surface area contributed by atoms with Gasteiger partial charge >= 0.3 is 12.1 Å². The number of benzene rings is 1. The number of alkyl halides is 3. The van der Waals surface area contributed by atoms with Gasteiger partial charge in [-0.3, -0.25) is 14.4 Å². The van der Waals surface area contributed by atoms with Crippen LogP contribution in [0.1, 0.15) is 50.5 Å². The van der Waals surface area contributed by atoms with Crippen LogP contribution in [-0.4, -0.2) is 30.4 Å². The first-order valence-corrected chi connectivity index (χ1v) is 9.64. The first-order chi connectivity index (χ1) is 13.6. The maximum atomic E-state index is 12.7. The van der Waals surface area contributed by atoms with Crippen LogP contribution in [0.5, 0.6) is 0 Å². The third-order valence-corrected chi connectivity index (χ3v) is 4.79. The second-order valence-corrected chi connectivity index (χ2v) is 7.21. The molecular formula is C19H22ClF3N2O4. The van der Waals surface area contributed by atoms with Crippen LogP contribution < -0.4 is 10.6 Å². The number of carbonyl (C=O) groups excluding carboxylic acids is 3. The van der Waals surface area contributed by atoms with Gasteiger partial charge in [-0.25, -0.2) is 0 Å². The van der Waals surface area contributed by atoms with Gasteiger partial charge in [-0.1, -0.05) is 30.9 Å². The predicted octanol–water partition coefficient (Wildman–Crippen LogP) is 4.07. The molecule has 0 aromatic heterocycles. The van der Waals surface area contributed by atoms with Crippen molar-refractivity contribution < 1.29 is 32.3 Å². The fourth-order valence-corrected chi connectivity index (χ4v) is 3.13. The van der Waals surface area contributed by atoms with Crippen molar-refractivity contribution in [2.45, 2.75) is 57.2 Å². The van der Waals surface area contributed by atoms with Crippen molar-refractivity contribution in [3.05, 3.63) is 28.8 Å². The minimum absolute atomic E-state index is 0.0591. The fourth-order valence-electron chi connectivity index (χ4n) is 2.96. The van der Waals surface area contributed by atoms with E-state index in [9.17, 15) is 27.6 Å². The van der Waals surface area contributed by atoms with Crippen LogP contribution >= 0.6 is 11.6 Å². The summed E-state index contributed by atoms with van der Waals surface area (Å²) in [7, 11) is 0. The lowest BCUT2D eigenvalue weighted by Crippen LogP contribution is -2.36. The summed E-state index contributed by atoms with van der Waals surface area (Å²) < 4.78 is 43.0.